The van der Waals surface area contributed by atoms with Crippen LogP contribution in [0, 0.1) is 0 Å². The molecule has 16 heavy (non-hydrogen) atoms. The molecule has 0 fully saturated rings. The smallest absolute Gasteiger partial charge is 0.391 e. The van der Waals surface area contributed by atoms with E-state index in [0.717, 1.165) is 0 Å². The van der Waals surface area contributed by atoms with Gasteiger partial charge < -0.3 is 9.64 Å². The Hall–Kier alpha value is -2.18. The van der Waals surface area contributed by atoms with Crippen molar-refractivity contribution in [1.29, 1.82) is 0 Å². The second-order valence-electron chi connectivity index (χ2n) is 3.17. The summed E-state index contributed by atoms with van der Waals surface area (Å²) in [6.07, 6.45) is 1.42. The summed E-state index contributed by atoms with van der Waals surface area (Å²) in [7, 11) is 4.61. The Bertz CT molecular complexity index is 394. The zero-order valence-corrected chi connectivity index (χ0v) is 9.25. The maximum atomic E-state index is 11.2. The quantitative estimate of drug-likeness (QED) is 0.682. The molecule has 0 unspecified atom stereocenters. The van der Waals surface area contributed by atoms with Gasteiger partial charge in [0.05, 0.1) is 0 Å². The number of carbonyl (C=O) groups is 2. The predicted molar refractivity (Wildman–Crippen MR) is 56.2 cm³/mol. The normalized spacial score (nSPS) is 9.44. The largest absolute Gasteiger partial charge is 0.416 e. The van der Waals surface area contributed by atoms with Gasteiger partial charge in [-0.15, -0.1) is 0 Å². The van der Waals surface area contributed by atoms with Crippen LogP contribution >= 0.6 is 0 Å². The molecule has 0 radical (unpaired) electrons. The van der Waals surface area contributed by atoms with E-state index in [1.54, 1.807) is 14.1 Å². The van der Waals surface area contributed by atoms with Gasteiger partial charge in [-0.1, -0.05) is 0 Å². The van der Waals surface area contributed by atoms with E-state index in [-0.39, 0.29) is 11.8 Å². The number of carbonyl (C=O) groups excluding carboxylic acids is 2. The third kappa shape index (κ3) is 2.91. The van der Waals surface area contributed by atoms with Gasteiger partial charge in [-0.25, -0.2) is 9.78 Å². The van der Waals surface area contributed by atoms with Crippen LogP contribution < -0.4 is 9.64 Å². The van der Waals surface area contributed by atoms with Crippen molar-refractivity contribution >= 4 is 18.5 Å². The van der Waals surface area contributed by atoms with Crippen molar-refractivity contribution in [2.75, 3.05) is 26.0 Å². The second-order valence-corrected chi connectivity index (χ2v) is 3.17. The van der Waals surface area contributed by atoms with E-state index in [9.17, 15) is 9.59 Å². The van der Waals surface area contributed by atoms with Gasteiger partial charge in [-0.2, -0.15) is 4.98 Å². The van der Waals surface area contributed by atoms with Crippen LogP contribution in [0.2, 0.25) is 0 Å². The summed E-state index contributed by atoms with van der Waals surface area (Å²) in [5.74, 6) is 0.261. The minimum absolute atomic E-state index is 0.0948. The summed E-state index contributed by atoms with van der Waals surface area (Å²) in [4.78, 5) is 31.9. The van der Waals surface area contributed by atoms with Crippen molar-refractivity contribution in [3.8, 4) is 5.88 Å². The van der Waals surface area contributed by atoms with Crippen LogP contribution in [0.15, 0.2) is 12.3 Å². The maximum absolute atomic E-state index is 11.2. The summed E-state index contributed by atoms with van der Waals surface area (Å²) in [6.45, 7) is 0. The highest BCUT2D eigenvalue weighted by atomic mass is 16.6. The molecule has 7 nitrogen and oxygen atoms in total. The SMILES string of the molecule is CN(C)C(=O)Oc1ccnc(N(C)C=O)n1. The van der Waals surface area contributed by atoms with Crippen molar-refractivity contribution in [2.24, 2.45) is 0 Å². The van der Waals surface area contributed by atoms with Crippen molar-refractivity contribution in [3.05, 3.63) is 12.3 Å². The third-order valence-corrected chi connectivity index (χ3v) is 1.65. The standard InChI is InChI=1S/C9H12N4O3/c1-12(2)9(15)16-7-4-5-10-8(11-7)13(3)6-14/h4-6H,1-3H3. The molecule has 1 heterocycles. The van der Waals surface area contributed by atoms with Gasteiger partial charge in [0, 0.05) is 33.4 Å². The fraction of sp³-hybridized carbons (Fsp3) is 0.333. The molecule has 1 rings (SSSR count). The Morgan fingerprint density at radius 3 is 2.69 bits per heavy atom. The van der Waals surface area contributed by atoms with Crippen molar-refractivity contribution < 1.29 is 14.3 Å². The molecule has 0 aliphatic heterocycles. The van der Waals surface area contributed by atoms with Crippen LogP contribution in [-0.4, -0.2) is 48.5 Å². The molecule has 1 aromatic rings. The molecular formula is C9H12N4O3. The van der Waals surface area contributed by atoms with Crippen LogP contribution in [0.3, 0.4) is 0 Å². The van der Waals surface area contributed by atoms with Crippen LogP contribution in [0.4, 0.5) is 10.7 Å². The van der Waals surface area contributed by atoms with Gasteiger partial charge in [0.15, 0.2) is 0 Å². The van der Waals surface area contributed by atoms with Gasteiger partial charge in [0.2, 0.25) is 18.2 Å². The molecule has 0 aliphatic carbocycles. The van der Waals surface area contributed by atoms with Crippen LogP contribution in [0.5, 0.6) is 5.88 Å². The molecule has 0 saturated carbocycles. The number of hydrogen-bond acceptors (Lipinski definition) is 5. The Kier molecular flexibility index (Phi) is 3.76. The maximum Gasteiger partial charge on any atom is 0.416 e. The number of aromatic nitrogens is 2. The lowest BCUT2D eigenvalue weighted by atomic mass is 10.6. The third-order valence-electron chi connectivity index (χ3n) is 1.65. The molecule has 0 N–H and O–H groups in total. The molecular weight excluding hydrogens is 212 g/mol. The molecule has 86 valence electrons. The Morgan fingerprint density at radius 2 is 2.12 bits per heavy atom. The molecule has 0 bridgehead atoms. The molecule has 7 heteroatoms. The topological polar surface area (TPSA) is 75.6 Å². The Morgan fingerprint density at radius 1 is 1.44 bits per heavy atom. The first-order valence-electron chi connectivity index (χ1n) is 4.45. The lowest BCUT2D eigenvalue weighted by Gasteiger charge is -2.11. The molecule has 0 atom stereocenters. The van der Waals surface area contributed by atoms with Crippen LogP contribution in [0.25, 0.3) is 0 Å². The first-order valence-corrected chi connectivity index (χ1v) is 4.45. The summed E-state index contributed by atoms with van der Waals surface area (Å²) in [6, 6.07) is 1.43. The zero-order chi connectivity index (χ0) is 12.1. The molecule has 0 saturated heterocycles. The highest BCUT2D eigenvalue weighted by Crippen LogP contribution is 2.10. The number of anilines is 1. The molecule has 0 spiro atoms. The minimum atomic E-state index is -0.543. The number of rotatable bonds is 3. The average molecular weight is 224 g/mol. The summed E-state index contributed by atoms with van der Waals surface area (Å²) in [5.41, 5.74) is 0. The number of hydrogen-bond donors (Lipinski definition) is 0. The minimum Gasteiger partial charge on any atom is -0.391 e. The predicted octanol–water partition coefficient (Wildman–Crippen LogP) is 0.130. The molecule has 0 aliphatic rings. The van der Waals surface area contributed by atoms with E-state index < -0.39 is 6.09 Å². The van der Waals surface area contributed by atoms with E-state index in [1.807, 2.05) is 0 Å². The monoisotopic (exact) mass is 224 g/mol. The van der Waals surface area contributed by atoms with Crippen LogP contribution in [-0.2, 0) is 4.79 Å². The Labute approximate surface area is 92.7 Å². The average Bonchev–Trinajstić information content (AvgIpc) is 2.28. The fourth-order valence-corrected chi connectivity index (χ4v) is 0.787. The van der Waals surface area contributed by atoms with Gasteiger partial charge >= 0.3 is 6.09 Å². The highest BCUT2D eigenvalue weighted by Gasteiger charge is 2.10. The van der Waals surface area contributed by atoms with Gasteiger partial charge in [0.25, 0.3) is 0 Å². The van der Waals surface area contributed by atoms with Crippen LogP contribution in [0.1, 0.15) is 0 Å². The first-order chi connectivity index (χ1) is 7.54. The number of nitrogens with zero attached hydrogens (tertiary/aromatic N) is 4. The van der Waals surface area contributed by atoms with E-state index in [4.69, 9.17) is 4.74 Å². The van der Waals surface area contributed by atoms with Crippen molar-refractivity contribution in [1.82, 2.24) is 14.9 Å². The highest BCUT2D eigenvalue weighted by molar-refractivity contribution is 5.71. The van der Waals surface area contributed by atoms with E-state index >= 15 is 0 Å². The van der Waals surface area contributed by atoms with E-state index in [2.05, 4.69) is 9.97 Å². The Balaban J connectivity index is 2.82. The molecule has 2 amide bonds. The molecule has 1 aromatic heterocycles. The summed E-state index contributed by atoms with van der Waals surface area (Å²) < 4.78 is 4.90. The number of amides is 2. The van der Waals surface area contributed by atoms with Gasteiger partial charge in [-0.3, -0.25) is 9.69 Å². The number of ether oxygens (including phenoxy) is 1. The first kappa shape index (κ1) is 11.9. The van der Waals surface area contributed by atoms with E-state index in [1.165, 1.54) is 29.1 Å². The van der Waals surface area contributed by atoms with E-state index in [0.29, 0.717) is 6.41 Å². The lowest BCUT2D eigenvalue weighted by Crippen LogP contribution is -2.26. The lowest BCUT2D eigenvalue weighted by molar-refractivity contribution is -0.107. The summed E-state index contributed by atoms with van der Waals surface area (Å²) in [5, 5.41) is 0. The molecule has 0 aromatic carbocycles. The second kappa shape index (κ2) is 5.06. The van der Waals surface area contributed by atoms with Crippen molar-refractivity contribution in [3.63, 3.8) is 0 Å². The fourth-order valence-electron chi connectivity index (χ4n) is 0.787. The van der Waals surface area contributed by atoms with Crippen molar-refractivity contribution in [2.45, 2.75) is 0 Å². The van der Waals surface area contributed by atoms with Gasteiger partial charge in [0.1, 0.15) is 0 Å². The zero-order valence-electron chi connectivity index (χ0n) is 9.25. The summed E-state index contributed by atoms with van der Waals surface area (Å²) >= 11 is 0. The van der Waals surface area contributed by atoms with Gasteiger partial charge in [-0.05, 0) is 0 Å².